The van der Waals surface area contributed by atoms with Gasteiger partial charge >= 0.3 is 11.9 Å². The lowest BCUT2D eigenvalue weighted by molar-refractivity contribution is -0.150. The van der Waals surface area contributed by atoms with E-state index in [9.17, 15) is 14.4 Å². The van der Waals surface area contributed by atoms with Gasteiger partial charge in [0.25, 0.3) is 0 Å². The summed E-state index contributed by atoms with van der Waals surface area (Å²) in [5.74, 6) is -0.00156. The fraction of sp³-hybridized carbons (Fsp3) is 0.857. The summed E-state index contributed by atoms with van der Waals surface area (Å²) in [6, 6.07) is -0.278. The normalized spacial score (nSPS) is 12.8. The van der Waals surface area contributed by atoms with E-state index in [0.29, 0.717) is 32.6 Å². The van der Waals surface area contributed by atoms with Gasteiger partial charge in [0.05, 0.1) is 31.1 Å². The lowest BCUT2D eigenvalue weighted by atomic mass is 9.95. The second-order valence-electron chi connectivity index (χ2n) is 14.6. The number of carbonyl (C=O) groups excluding carboxylic acids is 3. The molecule has 0 aromatic carbocycles. The minimum atomic E-state index is -0.278. The maximum Gasteiger partial charge on any atom is 0.308 e. The van der Waals surface area contributed by atoms with Crippen molar-refractivity contribution in [2.75, 3.05) is 26.3 Å². The summed E-state index contributed by atoms with van der Waals surface area (Å²) in [6.45, 7) is 15.0. The Hall–Kier alpha value is -2.78. The van der Waals surface area contributed by atoms with Gasteiger partial charge in [-0.3, -0.25) is 19.4 Å². The monoisotopic (exact) mass is 736 g/mol. The molecule has 0 aliphatic rings. The SMILES string of the molecule is C=C(NCCCCCCCCOC(=O)C(CCC)CCCCC)C(CCN=C(N)N)NC(=O)CCCCCOC(=O)C(CCCC)CCCCCC. The molecule has 0 aliphatic heterocycles. The van der Waals surface area contributed by atoms with Crippen molar-refractivity contribution in [1.82, 2.24) is 10.6 Å². The van der Waals surface area contributed by atoms with Crippen molar-refractivity contribution < 1.29 is 23.9 Å². The zero-order chi connectivity index (χ0) is 38.7. The molecule has 0 radical (unpaired) electrons. The van der Waals surface area contributed by atoms with Crippen molar-refractivity contribution in [2.24, 2.45) is 28.3 Å². The molecule has 0 bridgehead atoms. The number of nitrogens with one attached hydrogen (secondary N) is 2. The van der Waals surface area contributed by atoms with Gasteiger partial charge in [-0.15, -0.1) is 0 Å². The molecule has 0 aliphatic carbocycles. The largest absolute Gasteiger partial charge is 0.465 e. The van der Waals surface area contributed by atoms with E-state index in [4.69, 9.17) is 20.9 Å². The highest BCUT2D eigenvalue weighted by Gasteiger charge is 2.20. The van der Waals surface area contributed by atoms with Gasteiger partial charge in [-0.25, -0.2) is 0 Å². The van der Waals surface area contributed by atoms with Crippen LogP contribution in [0.5, 0.6) is 0 Å². The number of hydrogen-bond acceptors (Lipinski definition) is 7. The molecule has 1 amide bonds. The third-order valence-electron chi connectivity index (χ3n) is 9.70. The molecule has 3 unspecified atom stereocenters. The molecule has 0 aromatic rings. The average Bonchev–Trinajstić information content (AvgIpc) is 3.12. The summed E-state index contributed by atoms with van der Waals surface area (Å²) in [4.78, 5) is 42.1. The Balaban J connectivity index is 4.35. The third kappa shape index (κ3) is 28.8. The van der Waals surface area contributed by atoms with E-state index in [2.05, 4.69) is 49.9 Å². The van der Waals surface area contributed by atoms with Crippen LogP contribution in [-0.4, -0.2) is 56.2 Å². The van der Waals surface area contributed by atoms with Gasteiger partial charge in [-0.05, 0) is 64.2 Å². The quantitative estimate of drug-likeness (QED) is 0.0213. The Labute approximate surface area is 318 Å². The standard InChI is InChI=1S/C42H81N5O5/c1-6-10-13-20-28-37(26-12-8-3)41(50)52-34-24-18-21-29-39(48)47-38(30-32-46-42(43)44)35(5)45-31-22-16-14-15-17-23-33-51-40(49)36(25-9-4)27-19-11-7-2/h36-38,45H,5-34H2,1-4H3,(H,47,48)(H4,43,44,46). The molecule has 6 N–H and O–H groups in total. The van der Waals surface area contributed by atoms with E-state index >= 15 is 0 Å². The van der Waals surface area contributed by atoms with Crippen LogP contribution in [0, 0.1) is 11.8 Å². The first-order valence-electron chi connectivity index (χ1n) is 21.3. The lowest BCUT2D eigenvalue weighted by Gasteiger charge is -2.22. The van der Waals surface area contributed by atoms with Crippen LogP contribution >= 0.6 is 0 Å². The number of carbonyl (C=O) groups is 3. The van der Waals surface area contributed by atoms with Gasteiger partial charge < -0.3 is 31.6 Å². The Bertz CT molecular complexity index is 940. The van der Waals surface area contributed by atoms with Crippen LogP contribution in [0.15, 0.2) is 17.3 Å². The topological polar surface area (TPSA) is 158 Å². The fourth-order valence-corrected chi connectivity index (χ4v) is 6.39. The highest BCUT2D eigenvalue weighted by Crippen LogP contribution is 2.20. The zero-order valence-corrected chi connectivity index (χ0v) is 34.1. The van der Waals surface area contributed by atoms with Gasteiger partial charge in [0, 0.05) is 25.2 Å². The van der Waals surface area contributed by atoms with E-state index in [1.54, 1.807) is 0 Å². The average molecular weight is 736 g/mol. The maximum atomic E-state index is 12.8. The number of unbranched alkanes of at least 4 members (excludes halogenated alkanes) is 13. The Morgan fingerprint density at radius 1 is 0.596 bits per heavy atom. The molecular weight excluding hydrogens is 654 g/mol. The number of rotatable bonds is 37. The minimum absolute atomic E-state index is 0.00838. The zero-order valence-electron chi connectivity index (χ0n) is 34.1. The van der Waals surface area contributed by atoms with Crippen molar-refractivity contribution in [2.45, 2.75) is 194 Å². The van der Waals surface area contributed by atoms with Crippen molar-refractivity contribution in [3.05, 3.63) is 12.3 Å². The number of hydrogen-bond donors (Lipinski definition) is 4. The number of amides is 1. The van der Waals surface area contributed by atoms with Crippen molar-refractivity contribution in [3.8, 4) is 0 Å². The van der Waals surface area contributed by atoms with Gasteiger partial charge in [0.2, 0.25) is 5.91 Å². The van der Waals surface area contributed by atoms with E-state index in [0.717, 1.165) is 128 Å². The molecule has 0 aromatic heterocycles. The molecule has 10 heteroatoms. The van der Waals surface area contributed by atoms with Crippen LogP contribution in [0.1, 0.15) is 188 Å². The molecule has 0 spiro atoms. The van der Waals surface area contributed by atoms with Crippen molar-refractivity contribution in [3.63, 3.8) is 0 Å². The predicted octanol–water partition coefficient (Wildman–Crippen LogP) is 9.00. The first-order chi connectivity index (χ1) is 25.2. The molecule has 10 nitrogen and oxygen atoms in total. The molecule has 0 heterocycles. The lowest BCUT2D eigenvalue weighted by Crippen LogP contribution is -2.40. The van der Waals surface area contributed by atoms with Crippen LogP contribution in [0.2, 0.25) is 0 Å². The predicted molar refractivity (Wildman–Crippen MR) is 217 cm³/mol. The summed E-state index contributed by atoms with van der Waals surface area (Å²) < 4.78 is 11.2. The summed E-state index contributed by atoms with van der Waals surface area (Å²) in [6.07, 6.45) is 24.5. The number of nitrogens with two attached hydrogens (primary N) is 2. The number of guanidine groups is 1. The summed E-state index contributed by atoms with van der Waals surface area (Å²) in [7, 11) is 0. The summed E-state index contributed by atoms with van der Waals surface area (Å²) in [5.41, 5.74) is 11.8. The minimum Gasteiger partial charge on any atom is -0.465 e. The van der Waals surface area contributed by atoms with Gasteiger partial charge in [0.1, 0.15) is 0 Å². The number of esters is 2. The van der Waals surface area contributed by atoms with Crippen LogP contribution in [0.4, 0.5) is 0 Å². The first-order valence-corrected chi connectivity index (χ1v) is 21.3. The Morgan fingerprint density at radius 3 is 1.69 bits per heavy atom. The fourth-order valence-electron chi connectivity index (χ4n) is 6.39. The second kappa shape index (κ2) is 35.3. The maximum absolute atomic E-state index is 12.8. The second-order valence-corrected chi connectivity index (χ2v) is 14.6. The molecular formula is C42H81N5O5. The smallest absolute Gasteiger partial charge is 0.308 e. The highest BCUT2D eigenvalue weighted by atomic mass is 16.5. The molecule has 0 saturated carbocycles. The van der Waals surface area contributed by atoms with E-state index in [1.807, 2.05) is 0 Å². The molecule has 304 valence electrons. The Kier molecular flexibility index (Phi) is 33.4. The van der Waals surface area contributed by atoms with E-state index < -0.39 is 0 Å². The van der Waals surface area contributed by atoms with Crippen LogP contribution in [-0.2, 0) is 23.9 Å². The van der Waals surface area contributed by atoms with Crippen LogP contribution in [0.25, 0.3) is 0 Å². The number of aliphatic imine (C=N–C) groups is 1. The molecule has 0 saturated heterocycles. The number of ether oxygens (including phenoxy) is 2. The van der Waals surface area contributed by atoms with Gasteiger partial charge in [-0.2, -0.15) is 0 Å². The first kappa shape index (κ1) is 49.2. The van der Waals surface area contributed by atoms with Gasteiger partial charge in [-0.1, -0.05) is 124 Å². The van der Waals surface area contributed by atoms with E-state index in [-0.39, 0.29) is 41.7 Å². The van der Waals surface area contributed by atoms with Crippen LogP contribution < -0.4 is 22.1 Å². The van der Waals surface area contributed by atoms with Crippen LogP contribution in [0.3, 0.4) is 0 Å². The highest BCUT2D eigenvalue weighted by molar-refractivity contribution is 5.77. The third-order valence-corrected chi connectivity index (χ3v) is 9.70. The van der Waals surface area contributed by atoms with Crippen molar-refractivity contribution in [1.29, 1.82) is 0 Å². The molecule has 0 fully saturated rings. The summed E-state index contributed by atoms with van der Waals surface area (Å²) >= 11 is 0. The van der Waals surface area contributed by atoms with E-state index in [1.165, 1.54) is 32.1 Å². The molecule has 52 heavy (non-hydrogen) atoms. The number of nitrogens with zero attached hydrogens (tertiary/aromatic N) is 1. The molecule has 0 rings (SSSR count). The summed E-state index contributed by atoms with van der Waals surface area (Å²) in [5, 5.41) is 6.50. The Morgan fingerprint density at radius 2 is 1.10 bits per heavy atom. The van der Waals surface area contributed by atoms with Gasteiger partial charge in [0.15, 0.2) is 5.96 Å². The molecule has 3 atom stereocenters. The van der Waals surface area contributed by atoms with Crippen molar-refractivity contribution >= 4 is 23.8 Å².